The van der Waals surface area contributed by atoms with Gasteiger partial charge < -0.3 is 10.1 Å². The Kier molecular flexibility index (Phi) is 7.20. The zero-order chi connectivity index (χ0) is 23.3. The Morgan fingerprint density at radius 3 is 2.34 bits per heavy atom. The van der Waals surface area contributed by atoms with Gasteiger partial charge in [0.1, 0.15) is 5.75 Å². The van der Waals surface area contributed by atoms with Gasteiger partial charge in [0.15, 0.2) is 0 Å². The maximum Gasteiger partial charge on any atom is 0.255 e. The molecule has 7 heteroatoms. The Hall–Kier alpha value is -3.32. The number of hydrogen-bond acceptors (Lipinski definition) is 4. The lowest BCUT2D eigenvalue weighted by atomic mass is 10.1. The highest BCUT2D eigenvalue weighted by Crippen LogP contribution is 2.31. The van der Waals surface area contributed by atoms with Crippen molar-refractivity contribution in [2.75, 3.05) is 22.5 Å². The number of ether oxygens (including phenoxy) is 1. The number of sulfonamides is 1. The van der Waals surface area contributed by atoms with Crippen molar-refractivity contribution in [1.82, 2.24) is 0 Å². The number of anilines is 2. The quantitative estimate of drug-likeness (QED) is 0.526. The molecule has 32 heavy (non-hydrogen) atoms. The van der Waals surface area contributed by atoms with Gasteiger partial charge in [0.05, 0.1) is 25.1 Å². The van der Waals surface area contributed by atoms with Gasteiger partial charge >= 0.3 is 0 Å². The van der Waals surface area contributed by atoms with E-state index < -0.39 is 10.0 Å². The second-order valence-corrected chi connectivity index (χ2v) is 9.55. The van der Waals surface area contributed by atoms with Crippen LogP contribution in [0.1, 0.15) is 34.0 Å². The van der Waals surface area contributed by atoms with Crippen LogP contribution < -0.4 is 14.4 Å². The average molecular weight is 453 g/mol. The van der Waals surface area contributed by atoms with Gasteiger partial charge in [-0.15, -0.1) is 0 Å². The van der Waals surface area contributed by atoms with Crippen LogP contribution in [0.4, 0.5) is 11.4 Å². The maximum absolute atomic E-state index is 12.7. The highest BCUT2D eigenvalue weighted by Gasteiger charge is 2.21. The lowest BCUT2D eigenvalue weighted by Gasteiger charge is -2.24. The molecular formula is C25H28N2O4S. The lowest BCUT2D eigenvalue weighted by molar-refractivity contribution is 0.102. The molecule has 0 aliphatic heterocycles. The van der Waals surface area contributed by atoms with Gasteiger partial charge in [-0.3, -0.25) is 9.10 Å². The molecule has 0 spiro atoms. The number of nitrogens with one attached hydrogen (secondary N) is 1. The molecule has 1 amide bonds. The first-order chi connectivity index (χ1) is 15.2. The van der Waals surface area contributed by atoms with E-state index in [0.29, 0.717) is 23.6 Å². The molecule has 0 aliphatic rings. The second kappa shape index (κ2) is 9.87. The number of carbonyl (C=O) groups excluding carboxylic acids is 1. The van der Waals surface area contributed by atoms with Gasteiger partial charge in [-0.1, -0.05) is 36.4 Å². The Morgan fingerprint density at radius 2 is 1.69 bits per heavy atom. The van der Waals surface area contributed by atoms with E-state index in [1.165, 1.54) is 10.6 Å². The molecule has 0 heterocycles. The number of carbonyl (C=O) groups is 1. The fourth-order valence-corrected chi connectivity index (χ4v) is 4.21. The molecule has 0 saturated heterocycles. The Morgan fingerprint density at radius 1 is 1.00 bits per heavy atom. The van der Waals surface area contributed by atoms with Crippen LogP contribution >= 0.6 is 0 Å². The van der Waals surface area contributed by atoms with Gasteiger partial charge in [-0.2, -0.15) is 0 Å². The number of rotatable bonds is 8. The molecule has 0 atom stereocenters. The maximum atomic E-state index is 12.7. The average Bonchev–Trinajstić information content (AvgIpc) is 2.75. The second-order valence-electron chi connectivity index (χ2n) is 7.64. The third-order valence-corrected chi connectivity index (χ3v) is 6.14. The highest BCUT2D eigenvalue weighted by molar-refractivity contribution is 7.92. The molecule has 6 nitrogen and oxygen atoms in total. The largest absolute Gasteiger partial charge is 0.492 e. The topological polar surface area (TPSA) is 75.7 Å². The Bertz CT molecular complexity index is 1200. The number of amides is 1. The minimum atomic E-state index is -3.56. The van der Waals surface area contributed by atoms with Crippen molar-refractivity contribution >= 4 is 27.3 Å². The molecule has 3 aromatic rings. The van der Waals surface area contributed by atoms with E-state index in [0.717, 1.165) is 22.4 Å². The molecule has 0 aliphatic carbocycles. The summed E-state index contributed by atoms with van der Waals surface area (Å²) in [4.78, 5) is 12.7. The van der Waals surface area contributed by atoms with Crippen LogP contribution in [0, 0.1) is 13.8 Å². The molecule has 0 unspecified atom stereocenters. The van der Waals surface area contributed by atoms with E-state index in [4.69, 9.17) is 4.74 Å². The molecule has 0 fully saturated rings. The SMILES string of the molecule is CCOc1ccccc1N(Cc1ccc(C(=O)Nc2cc(C)ccc2C)cc1)S(C)(=O)=O. The van der Waals surface area contributed by atoms with Crippen LogP contribution in [0.15, 0.2) is 66.7 Å². The van der Waals surface area contributed by atoms with E-state index in [1.54, 1.807) is 48.5 Å². The van der Waals surface area contributed by atoms with E-state index >= 15 is 0 Å². The minimum Gasteiger partial charge on any atom is -0.492 e. The Labute approximate surface area is 189 Å². The molecule has 0 aromatic heterocycles. The van der Waals surface area contributed by atoms with E-state index in [2.05, 4.69) is 5.32 Å². The molecule has 0 radical (unpaired) electrons. The smallest absolute Gasteiger partial charge is 0.255 e. The number of hydrogen-bond donors (Lipinski definition) is 1. The van der Waals surface area contributed by atoms with Crippen molar-refractivity contribution in [1.29, 1.82) is 0 Å². The zero-order valence-electron chi connectivity index (χ0n) is 18.8. The molecule has 3 aromatic carbocycles. The highest BCUT2D eigenvalue weighted by atomic mass is 32.2. The van der Waals surface area contributed by atoms with Gasteiger partial charge in [0, 0.05) is 11.3 Å². The molecular weight excluding hydrogens is 424 g/mol. The van der Waals surface area contributed by atoms with Crippen LogP contribution in [-0.2, 0) is 16.6 Å². The predicted molar refractivity (Wildman–Crippen MR) is 129 cm³/mol. The number of benzene rings is 3. The summed E-state index contributed by atoms with van der Waals surface area (Å²) in [7, 11) is -3.56. The normalized spacial score (nSPS) is 11.1. The van der Waals surface area contributed by atoms with Gasteiger partial charge in [0.2, 0.25) is 10.0 Å². The minimum absolute atomic E-state index is 0.127. The van der Waals surface area contributed by atoms with Crippen molar-refractivity contribution in [2.24, 2.45) is 0 Å². The summed E-state index contributed by atoms with van der Waals surface area (Å²) in [6, 6.07) is 19.9. The first-order valence-corrected chi connectivity index (χ1v) is 12.2. The van der Waals surface area contributed by atoms with Crippen molar-refractivity contribution in [3.63, 3.8) is 0 Å². The van der Waals surface area contributed by atoms with Crippen molar-refractivity contribution in [2.45, 2.75) is 27.3 Å². The standard InChI is InChI=1S/C25H28N2O4S/c1-5-31-24-9-7-6-8-23(24)27(32(4,29)30)17-20-12-14-21(15-13-20)25(28)26-22-16-18(2)10-11-19(22)3/h6-16H,5,17H2,1-4H3,(H,26,28). The zero-order valence-corrected chi connectivity index (χ0v) is 19.6. The molecule has 168 valence electrons. The monoisotopic (exact) mass is 452 g/mol. The van der Waals surface area contributed by atoms with Crippen LogP contribution in [0.5, 0.6) is 5.75 Å². The summed E-state index contributed by atoms with van der Waals surface area (Å²) in [5, 5.41) is 2.94. The summed E-state index contributed by atoms with van der Waals surface area (Å²) >= 11 is 0. The molecule has 1 N–H and O–H groups in total. The summed E-state index contributed by atoms with van der Waals surface area (Å²) in [5.74, 6) is 0.289. The van der Waals surface area contributed by atoms with Crippen LogP contribution in [0.2, 0.25) is 0 Å². The third-order valence-electron chi connectivity index (χ3n) is 5.02. The third kappa shape index (κ3) is 5.68. The van der Waals surface area contributed by atoms with Gasteiger partial charge in [-0.05, 0) is 67.8 Å². The van der Waals surface area contributed by atoms with Gasteiger partial charge in [-0.25, -0.2) is 8.42 Å². The number of aryl methyl sites for hydroxylation is 2. The summed E-state index contributed by atoms with van der Waals surface area (Å²) in [6.45, 7) is 6.32. The number of para-hydroxylation sites is 2. The fraction of sp³-hybridized carbons (Fsp3) is 0.240. The van der Waals surface area contributed by atoms with E-state index in [9.17, 15) is 13.2 Å². The molecule has 0 saturated carbocycles. The lowest BCUT2D eigenvalue weighted by Crippen LogP contribution is -2.29. The fourth-order valence-electron chi connectivity index (χ4n) is 3.31. The van der Waals surface area contributed by atoms with Crippen molar-refractivity contribution < 1.29 is 17.9 Å². The van der Waals surface area contributed by atoms with Gasteiger partial charge in [0.25, 0.3) is 5.91 Å². The summed E-state index contributed by atoms with van der Waals surface area (Å²) in [5.41, 5.74) is 4.55. The van der Waals surface area contributed by atoms with Crippen LogP contribution in [-0.4, -0.2) is 27.2 Å². The first kappa shape index (κ1) is 23.3. The molecule has 3 rings (SSSR count). The molecule has 0 bridgehead atoms. The van der Waals surface area contributed by atoms with E-state index in [-0.39, 0.29) is 12.5 Å². The number of nitrogens with zero attached hydrogens (tertiary/aromatic N) is 1. The van der Waals surface area contributed by atoms with Crippen LogP contribution in [0.3, 0.4) is 0 Å². The van der Waals surface area contributed by atoms with E-state index in [1.807, 2.05) is 39.0 Å². The predicted octanol–water partition coefficient (Wildman–Crippen LogP) is 4.92. The summed E-state index contributed by atoms with van der Waals surface area (Å²) in [6.07, 6.45) is 1.17. The first-order valence-electron chi connectivity index (χ1n) is 10.4. The Balaban J connectivity index is 1.81. The van der Waals surface area contributed by atoms with Crippen LogP contribution in [0.25, 0.3) is 0 Å². The van der Waals surface area contributed by atoms with Crippen molar-refractivity contribution in [3.05, 3.63) is 89.0 Å². The van der Waals surface area contributed by atoms with Crippen molar-refractivity contribution in [3.8, 4) is 5.75 Å². The summed E-state index contributed by atoms with van der Waals surface area (Å²) < 4.78 is 32.0.